The Labute approximate surface area is 134 Å². The van der Waals surface area contributed by atoms with Gasteiger partial charge in [0.25, 0.3) is 0 Å². The minimum atomic E-state index is -4.52. The Morgan fingerprint density at radius 3 is 2.58 bits per heavy atom. The summed E-state index contributed by atoms with van der Waals surface area (Å²) in [4.78, 5) is 24.3. The van der Waals surface area contributed by atoms with Gasteiger partial charge in [0.05, 0.1) is 12.1 Å². The highest BCUT2D eigenvalue weighted by Gasteiger charge is 2.36. The summed E-state index contributed by atoms with van der Waals surface area (Å²) in [5, 5.41) is 8.93. The zero-order chi connectivity index (χ0) is 17.3. The Balaban J connectivity index is 1.77. The van der Waals surface area contributed by atoms with Crippen LogP contribution in [0.2, 0.25) is 0 Å². The first-order valence-corrected chi connectivity index (χ1v) is 7.10. The number of benzene rings is 1. The highest BCUT2D eigenvalue weighted by molar-refractivity contribution is 5.97. The molecule has 6 nitrogen and oxygen atoms in total. The first-order chi connectivity index (χ1) is 11.3. The number of nitrogens with one attached hydrogen (secondary N) is 2. The molecular formula is C15H13F3N4O2. The number of piperazine rings is 1. The quantitative estimate of drug-likeness (QED) is 0.885. The Bertz CT molecular complexity index is 758. The Morgan fingerprint density at radius 1 is 1.12 bits per heavy atom. The third-order valence-electron chi connectivity index (χ3n) is 3.66. The van der Waals surface area contributed by atoms with E-state index in [0.29, 0.717) is 0 Å². The standard InChI is InChI=1S/C15H13F3N4O2/c16-15(17,18)10-4-1-3-9(7-10)12-14(24)20-11(13(23)21-12)8-22-6-2-5-19-22/h1-7,11-12H,8H2,(H,20,24)(H,21,23). The van der Waals surface area contributed by atoms with Gasteiger partial charge in [-0.2, -0.15) is 18.3 Å². The van der Waals surface area contributed by atoms with Crippen LogP contribution in [0.25, 0.3) is 0 Å². The molecule has 24 heavy (non-hydrogen) atoms. The summed E-state index contributed by atoms with van der Waals surface area (Å²) in [5.74, 6) is -1.04. The van der Waals surface area contributed by atoms with Crippen molar-refractivity contribution in [3.63, 3.8) is 0 Å². The van der Waals surface area contributed by atoms with Crippen molar-refractivity contribution in [3.8, 4) is 0 Å². The van der Waals surface area contributed by atoms with Crippen LogP contribution in [0.15, 0.2) is 42.7 Å². The fourth-order valence-corrected chi connectivity index (χ4v) is 2.48. The van der Waals surface area contributed by atoms with Crippen molar-refractivity contribution in [2.75, 3.05) is 0 Å². The van der Waals surface area contributed by atoms with Crippen molar-refractivity contribution < 1.29 is 22.8 Å². The molecule has 0 saturated carbocycles. The van der Waals surface area contributed by atoms with Gasteiger partial charge < -0.3 is 10.6 Å². The molecule has 2 atom stereocenters. The summed E-state index contributed by atoms with van der Waals surface area (Å²) in [6.07, 6.45) is -1.35. The second-order valence-electron chi connectivity index (χ2n) is 5.35. The number of hydrogen-bond donors (Lipinski definition) is 2. The van der Waals surface area contributed by atoms with Gasteiger partial charge in [-0.05, 0) is 23.8 Å². The molecule has 2 amide bonds. The number of nitrogens with zero attached hydrogens (tertiary/aromatic N) is 2. The second-order valence-corrected chi connectivity index (χ2v) is 5.35. The topological polar surface area (TPSA) is 76.0 Å². The molecule has 0 aliphatic carbocycles. The van der Waals surface area contributed by atoms with E-state index in [1.165, 1.54) is 23.0 Å². The molecule has 1 fully saturated rings. The van der Waals surface area contributed by atoms with Crippen LogP contribution >= 0.6 is 0 Å². The van der Waals surface area contributed by atoms with Gasteiger partial charge in [-0.25, -0.2) is 0 Å². The van der Waals surface area contributed by atoms with Crippen LogP contribution < -0.4 is 10.6 Å². The summed E-state index contributed by atoms with van der Waals surface area (Å²) in [6.45, 7) is 0.139. The van der Waals surface area contributed by atoms with Crippen LogP contribution in [-0.4, -0.2) is 27.6 Å². The lowest BCUT2D eigenvalue weighted by Gasteiger charge is -2.30. The molecule has 126 valence electrons. The SMILES string of the molecule is O=C1NC(c2cccc(C(F)(F)F)c2)C(=O)NC1Cn1cccn1. The lowest BCUT2D eigenvalue weighted by atomic mass is 10.00. The van der Waals surface area contributed by atoms with E-state index in [2.05, 4.69) is 15.7 Å². The monoisotopic (exact) mass is 338 g/mol. The number of aromatic nitrogens is 2. The van der Waals surface area contributed by atoms with Crippen LogP contribution in [0.4, 0.5) is 13.2 Å². The zero-order valence-corrected chi connectivity index (χ0v) is 12.2. The molecule has 1 saturated heterocycles. The fraction of sp³-hybridized carbons (Fsp3) is 0.267. The van der Waals surface area contributed by atoms with Gasteiger partial charge in [-0.1, -0.05) is 12.1 Å². The number of hydrogen-bond acceptors (Lipinski definition) is 3. The molecule has 0 radical (unpaired) electrons. The van der Waals surface area contributed by atoms with Crippen molar-refractivity contribution in [1.29, 1.82) is 0 Å². The number of carbonyl (C=O) groups is 2. The minimum absolute atomic E-state index is 0.0771. The van der Waals surface area contributed by atoms with Crippen LogP contribution in [0.5, 0.6) is 0 Å². The van der Waals surface area contributed by atoms with E-state index < -0.39 is 35.6 Å². The van der Waals surface area contributed by atoms with E-state index in [4.69, 9.17) is 0 Å². The largest absolute Gasteiger partial charge is 0.416 e. The maximum atomic E-state index is 12.8. The molecule has 2 heterocycles. The molecule has 0 spiro atoms. The average molecular weight is 338 g/mol. The lowest BCUT2D eigenvalue weighted by Crippen LogP contribution is -2.59. The van der Waals surface area contributed by atoms with Crippen molar-refractivity contribution >= 4 is 11.8 Å². The van der Waals surface area contributed by atoms with Gasteiger partial charge in [-0.15, -0.1) is 0 Å². The van der Waals surface area contributed by atoms with Gasteiger partial charge in [0, 0.05) is 12.4 Å². The fourth-order valence-electron chi connectivity index (χ4n) is 2.48. The molecule has 1 aromatic heterocycles. The number of rotatable bonds is 3. The van der Waals surface area contributed by atoms with Crippen LogP contribution in [0, 0.1) is 0 Å². The van der Waals surface area contributed by atoms with Gasteiger partial charge >= 0.3 is 6.18 Å². The third kappa shape index (κ3) is 3.24. The van der Waals surface area contributed by atoms with Gasteiger partial charge in [-0.3, -0.25) is 14.3 Å². The summed E-state index contributed by atoms with van der Waals surface area (Å²) >= 11 is 0. The predicted molar refractivity (Wildman–Crippen MR) is 76.5 cm³/mol. The molecule has 2 N–H and O–H groups in total. The van der Waals surface area contributed by atoms with Crippen LogP contribution in [0.1, 0.15) is 17.2 Å². The Kier molecular flexibility index (Phi) is 4.00. The third-order valence-corrected chi connectivity index (χ3v) is 3.66. The normalized spacial score (nSPS) is 21.3. The van der Waals surface area contributed by atoms with Crippen molar-refractivity contribution in [3.05, 3.63) is 53.9 Å². The molecule has 0 bridgehead atoms. The first-order valence-electron chi connectivity index (χ1n) is 7.10. The van der Waals surface area contributed by atoms with E-state index >= 15 is 0 Å². The van der Waals surface area contributed by atoms with E-state index in [1.54, 1.807) is 12.3 Å². The maximum Gasteiger partial charge on any atom is 0.416 e. The number of carbonyl (C=O) groups excluding carboxylic acids is 2. The van der Waals surface area contributed by atoms with Crippen LogP contribution in [0.3, 0.4) is 0 Å². The number of halogens is 3. The van der Waals surface area contributed by atoms with E-state index in [1.807, 2.05) is 0 Å². The molecule has 9 heteroatoms. The summed E-state index contributed by atoms with van der Waals surface area (Å²) in [6, 6.07) is 4.02. The zero-order valence-electron chi connectivity index (χ0n) is 12.2. The second kappa shape index (κ2) is 5.99. The molecule has 3 rings (SSSR count). The predicted octanol–water partition coefficient (Wildman–Crippen LogP) is 1.26. The average Bonchev–Trinajstić information content (AvgIpc) is 3.03. The van der Waals surface area contributed by atoms with E-state index in [0.717, 1.165) is 12.1 Å². The minimum Gasteiger partial charge on any atom is -0.341 e. The van der Waals surface area contributed by atoms with Crippen molar-refractivity contribution in [1.82, 2.24) is 20.4 Å². The lowest BCUT2D eigenvalue weighted by molar-refractivity contribution is -0.138. The first kappa shape index (κ1) is 16.0. The summed E-state index contributed by atoms with van der Waals surface area (Å²) in [5.41, 5.74) is -0.797. The highest BCUT2D eigenvalue weighted by atomic mass is 19.4. The van der Waals surface area contributed by atoms with Gasteiger partial charge in [0.15, 0.2) is 0 Å². The summed E-state index contributed by atoms with van der Waals surface area (Å²) < 4.78 is 39.8. The molecule has 2 unspecified atom stereocenters. The molecule has 1 aliphatic heterocycles. The highest BCUT2D eigenvalue weighted by Crippen LogP contribution is 2.31. The molecule has 2 aromatic rings. The maximum absolute atomic E-state index is 12.8. The van der Waals surface area contributed by atoms with E-state index in [9.17, 15) is 22.8 Å². The molecule has 1 aromatic carbocycles. The Hall–Kier alpha value is -2.84. The Morgan fingerprint density at radius 2 is 1.92 bits per heavy atom. The number of amides is 2. The van der Waals surface area contributed by atoms with E-state index in [-0.39, 0.29) is 12.1 Å². The van der Waals surface area contributed by atoms with Gasteiger partial charge in [0.1, 0.15) is 12.1 Å². The number of alkyl halides is 3. The van der Waals surface area contributed by atoms with Crippen molar-refractivity contribution in [2.24, 2.45) is 0 Å². The van der Waals surface area contributed by atoms with Crippen molar-refractivity contribution in [2.45, 2.75) is 24.8 Å². The smallest absolute Gasteiger partial charge is 0.341 e. The van der Waals surface area contributed by atoms with Gasteiger partial charge in [0.2, 0.25) is 11.8 Å². The molecular weight excluding hydrogens is 325 g/mol. The molecule has 1 aliphatic rings. The summed E-state index contributed by atoms with van der Waals surface area (Å²) in [7, 11) is 0. The van der Waals surface area contributed by atoms with Crippen LogP contribution in [-0.2, 0) is 22.3 Å².